The summed E-state index contributed by atoms with van der Waals surface area (Å²) in [7, 11) is 0. The van der Waals surface area contributed by atoms with E-state index in [4.69, 9.17) is 4.74 Å². The number of para-hydroxylation sites is 1. The van der Waals surface area contributed by atoms with E-state index in [1.165, 1.54) is 0 Å². The molecule has 4 nitrogen and oxygen atoms in total. The molecule has 0 aromatic heterocycles. The zero-order valence-electron chi connectivity index (χ0n) is 8.12. The van der Waals surface area contributed by atoms with Crippen molar-refractivity contribution in [3.8, 4) is 11.5 Å². The highest BCUT2D eigenvalue weighted by Gasteiger charge is 2.50. The van der Waals surface area contributed by atoms with Crippen LogP contribution in [0.5, 0.6) is 11.5 Å². The Morgan fingerprint density at radius 3 is 2.87 bits per heavy atom. The van der Waals surface area contributed by atoms with Crippen LogP contribution < -0.4 is 10.1 Å². The molecule has 1 saturated carbocycles. The average Bonchev–Trinajstić information content (AvgIpc) is 2.15. The molecule has 78 valence electrons. The van der Waals surface area contributed by atoms with Crippen LogP contribution in [-0.2, 0) is 4.79 Å². The molecule has 0 atom stereocenters. The van der Waals surface area contributed by atoms with Gasteiger partial charge in [0.2, 0.25) is 0 Å². The molecule has 1 spiro atoms. The van der Waals surface area contributed by atoms with E-state index < -0.39 is 5.60 Å². The first-order valence-electron chi connectivity index (χ1n) is 5.04. The first-order chi connectivity index (χ1) is 7.21. The van der Waals surface area contributed by atoms with Gasteiger partial charge < -0.3 is 15.2 Å². The standard InChI is InChI=1S/C11H11NO3/c13-8-4-1-3-7-9(8)15-11(5-2-6-11)10(14)12-7/h1,3-4,13H,2,5-6H2,(H,12,14). The molecule has 2 N–H and O–H groups in total. The molecule has 1 amide bonds. The quantitative estimate of drug-likeness (QED) is 0.677. The van der Waals surface area contributed by atoms with Crippen LogP contribution in [0.25, 0.3) is 0 Å². The highest BCUT2D eigenvalue weighted by molar-refractivity contribution is 6.01. The predicted molar refractivity (Wildman–Crippen MR) is 53.9 cm³/mol. The number of rotatable bonds is 0. The molecule has 0 saturated heterocycles. The van der Waals surface area contributed by atoms with Gasteiger partial charge in [-0.2, -0.15) is 0 Å². The minimum Gasteiger partial charge on any atom is -0.504 e. The van der Waals surface area contributed by atoms with Gasteiger partial charge in [-0.25, -0.2) is 0 Å². The van der Waals surface area contributed by atoms with Crippen molar-refractivity contribution in [3.63, 3.8) is 0 Å². The first-order valence-corrected chi connectivity index (χ1v) is 5.04. The van der Waals surface area contributed by atoms with Gasteiger partial charge in [-0.1, -0.05) is 6.07 Å². The first kappa shape index (κ1) is 8.59. The van der Waals surface area contributed by atoms with Gasteiger partial charge in [0, 0.05) is 0 Å². The number of aromatic hydroxyl groups is 1. The van der Waals surface area contributed by atoms with E-state index in [1.807, 2.05) is 0 Å². The van der Waals surface area contributed by atoms with Gasteiger partial charge in [-0.15, -0.1) is 0 Å². The number of ether oxygens (including phenoxy) is 1. The van der Waals surface area contributed by atoms with Gasteiger partial charge in [-0.3, -0.25) is 4.79 Å². The lowest BCUT2D eigenvalue weighted by Gasteiger charge is -2.43. The van der Waals surface area contributed by atoms with Gasteiger partial charge in [-0.05, 0) is 31.4 Å². The number of fused-ring (bicyclic) bond motifs is 1. The van der Waals surface area contributed by atoms with Crippen molar-refractivity contribution in [1.29, 1.82) is 0 Å². The van der Waals surface area contributed by atoms with Crippen LogP contribution in [0, 0.1) is 0 Å². The number of nitrogens with one attached hydrogen (secondary N) is 1. The summed E-state index contributed by atoms with van der Waals surface area (Å²) in [6.07, 6.45) is 2.45. The summed E-state index contributed by atoms with van der Waals surface area (Å²) in [5, 5.41) is 12.4. The SMILES string of the molecule is O=C1Nc2cccc(O)c2OC12CCC2. The molecule has 0 radical (unpaired) electrons. The third kappa shape index (κ3) is 1.04. The van der Waals surface area contributed by atoms with Gasteiger partial charge in [0.15, 0.2) is 17.1 Å². The fraction of sp³-hybridized carbons (Fsp3) is 0.364. The number of hydrogen-bond acceptors (Lipinski definition) is 3. The summed E-state index contributed by atoms with van der Waals surface area (Å²) in [5.41, 5.74) is -0.163. The van der Waals surface area contributed by atoms with E-state index in [0.717, 1.165) is 19.3 Å². The second kappa shape index (κ2) is 2.66. The second-order valence-corrected chi connectivity index (χ2v) is 4.06. The molecule has 3 rings (SSSR count). The van der Waals surface area contributed by atoms with E-state index in [-0.39, 0.29) is 11.7 Å². The zero-order valence-corrected chi connectivity index (χ0v) is 8.12. The number of phenols is 1. The summed E-state index contributed by atoms with van der Waals surface area (Å²) in [6, 6.07) is 4.96. The Kier molecular flexibility index (Phi) is 1.52. The van der Waals surface area contributed by atoms with Crippen LogP contribution in [-0.4, -0.2) is 16.6 Å². The Hall–Kier alpha value is -1.71. The molecule has 1 aliphatic heterocycles. The molecule has 0 bridgehead atoms. The van der Waals surface area contributed by atoms with Crippen molar-refractivity contribution in [1.82, 2.24) is 0 Å². The average molecular weight is 205 g/mol. The van der Waals surface area contributed by atoms with Crippen LogP contribution in [0.4, 0.5) is 5.69 Å². The second-order valence-electron chi connectivity index (χ2n) is 4.06. The van der Waals surface area contributed by atoms with E-state index in [1.54, 1.807) is 18.2 Å². The topological polar surface area (TPSA) is 58.6 Å². The van der Waals surface area contributed by atoms with E-state index in [9.17, 15) is 9.90 Å². The number of carbonyl (C=O) groups is 1. The van der Waals surface area contributed by atoms with Crippen LogP contribution in [0.15, 0.2) is 18.2 Å². The minimum absolute atomic E-state index is 0.0822. The highest BCUT2D eigenvalue weighted by atomic mass is 16.5. The van der Waals surface area contributed by atoms with Gasteiger partial charge in [0.05, 0.1) is 5.69 Å². The number of anilines is 1. The van der Waals surface area contributed by atoms with Crippen molar-refractivity contribution >= 4 is 11.6 Å². The van der Waals surface area contributed by atoms with Crippen LogP contribution in [0.3, 0.4) is 0 Å². The minimum atomic E-state index is -0.716. The lowest BCUT2D eigenvalue weighted by molar-refractivity contribution is -0.140. The molecule has 1 aromatic rings. The van der Waals surface area contributed by atoms with Crippen molar-refractivity contribution in [2.75, 3.05) is 5.32 Å². The van der Waals surface area contributed by atoms with Crippen molar-refractivity contribution < 1.29 is 14.6 Å². The molecule has 1 fully saturated rings. The Morgan fingerprint density at radius 2 is 2.20 bits per heavy atom. The number of carbonyl (C=O) groups excluding carboxylic acids is 1. The smallest absolute Gasteiger partial charge is 0.268 e. The third-order valence-corrected chi connectivity index (χ3v) is 3.11. The molecule has 0 unspecified atom stereocenters. The molecule has 15 heavy (non-hydrogen) atoms. The fourth-order valence-electron chi connectivity index (χ4n) is 2.04. The molecule has 1 aliphatic carbocycles. The molecule has 1 aromatic carbocycles. The van der Waals surface area contributed by atoms with Crippen LogP contribution in [0.2, 0.25) is 0 Å². The lowest BCUT2D eigenvalue weighted by Crippen LogP contribution is -2.55. The number of benzene rings is 1. The monoisotopic (exact) mass is 205 g/mol. The number of phenolic OH excluding ortho intramolecular Hbond substituents is 1. The number of hydrogen-bond donors (Lipinski definition) is 2. The molecular formula is C11H11NO3. The maximum atomic E-state index is 11.8. The molecule has 1 heterocycles. The van der Waals surface area contributed by atoms with Crippen LogP contribution in [0.1, 0.15) is 19.3 Å². The molecular weight excluding hydrogens is 194 g/mol. The normalized spacial score (nSPS) is 21.2. The maximum Gasteiger partial charge on any atom is 0.268 e. The Labute approximate surface area is 86.9 Å². The Bertz CT molecular complexity index is 437. The molecule has 4 heteroatoms. The van der Waals surface area contributed by atoms with Gasteiger partial charge in [0.1, 0.15) is 0 Å². The summed E-state index contributed by atoms with van der Waals surface area (Å²) < 4.78 is 5.64. The fourth-order valence-corrected chi connectivity index (χ4v) is 2.04. The third-order valence-electron chi connectivity index (χ3n) is 3.11. The molecule has 2 aliphatic rings. The van der Waals surface area contributed by atoms with E-state index in [0.29, 0.717) is 11.4 Å². The summed E-state index contributed by atoms with van der Waals surface area (Å²) in [6.45, 7) is 0. The summed E-state index contributed by atoms with van der Waals surface area (Å²) in [4.78, 5) is 11.8. The van der Waals surface area contributed by atoms with E-state index >= 15 is 0 Å². The van der Waals surface area contributed by atoms with Crippen molar-refractivity contribution in [2.24, 2.45) is 0 Å². The predicted octanol–water partition coefficient (Wildman–Crippen LogP) is 1.65. The number of amides is 1. The summed E-state index contributed by atoms with van der Waals surface area (Å²) >= 11 is 0. The summed E-state index contributed by atoms with van der Waals surface area (Å²) in [5.74, 6) is 0.391. The largest absolute Gasteiger partial charge is 0.504 e. The Morgan fingerprint density at radius 1 is 1.40 bits per heavy atom. The Balaban J connectivity index is 2.07. The highest BCUT2D eigenvalue weighted by Crippen LogP contribution is 2.46. The van der Waals surface area contributed by atoms with Gasteiger partial charge in [0.25, 0.3) is 5.91 Å². The van der Waals surface area contributed by atoms with Crippen molar-refractivity contribution in [3.05, 3.63) is 18.2 Å². The van der Waals surface area contributed by atoms with Crippen LogP contribution >= 0.6 is 0 Å². The van der Waals surface area contributed by atoms with Crippen molar-refractivity contribution in [2.45, 2.75) is 24.9 Å². The maximum absolute atomic E-state index is 11.8. The lowest BCUT2D eigenvalue weighted by atomic mass is 9.78. The zero-order chi connectivity index (χ0) is 10.5. The van der Waals surface area contributed by atoms with Gasteiger partial charge >= 0.3 is 0 Å². The van der Waals surface area contributed by atoms with E-state index in [2.05, 4.69) is 5.32 Å².